The van der Waals surface area contributed by atoms with Crippen LogP contribution in [0.15, 0.2) is 22.4 Å². The number of nitrogens with zero attached hydrogens (tertiary/aromatic N) is 3. The Morgan fingerprint density at radius 1 is 1.33 bits per heavy atom. The fraction of sp³-hybridized carbons (Fsp3) is 0.500. The molecule has 24 heavy (non-hydrogen) atoms. The Labute approximate surface area is 143 Å². The molecule has 0 aliphatic carbocycles. The van der Waals surface area contributed by atoms with Gasteiger partial charge < -0.3 is 5.32 Å². The first-order valence-electron chi connectivity index (χ1n) is 7.90. The normalized spacial score (nSPS) is 21.1. The minimum absolute atomic E-state index is 0.00553. The number of thiazole rings is 1. The summed E-state index contributed by atoms with van der Waals surface area (Å²) in [7, 11) is 0. The van der Waals surface area contributed by atoms with E-state index in [1.165, 1.54) is 21.8 Å². The van der Waals surface area contributed by atoms with E-state index in [9.17, 15) is 14.4 Å². The van der Waals surface area contributed by atoms with Gasteiger partial charge in [0.1, 0.15) is 5.54 Å². The number of aromatic nitrogens is 2. The highest BCUT2D eigenvalue weighted by molar-refractivity contribution is 7.15. The van der Waals surface area contributed by atoms with Crippen molar-refractivity contribution in [1.82, 2.24) is 19.6 Å². The Morgan fingerprint density at radius 2 is 2.08 bits per heavy atom. The number of amides is 3. The summed E-state index contributed by atoms with van der Waals surface area (Å²) in [5, 5.41) is 4.55. The lowest BCUT2D eigenvalue weighted by atomic mass is 9.92. The molecule has 0 spiro atoms. The van der Waals surface area contributed by atoms with Crippen LogP contribution in [0.1, 0.15) is 39.3 Å². The van der Waals surface area contributed by atoms with Crippen LogP contribution in [0.5, 0.6) is 0 Å². The quantitative estimate of drug-likeness (QED) is 0.838. The van der Waals surface area contributed by atoms with Crippen LogP contribution < -0.4 is 10.9 Å². The predicted molar refractivity (Wildman–Crippen MR) is 90.9 cm³/mol. The number of carbonyl (C=O) groups is 2. The highest BCUT2D eigenvalue weighted by Crippen LogP contribution is 2.25. The molecule has 7 nitrogen and oxygen atoms in total. The summed E-state index contributed by atoms with van der Waals surface area (Å²) in [5.74, 6) is 0.185. The molecule has 3 amide bonds. The van der Waals surface area contributed by atoms with Crippen molar-refractivity contribution in [2.75, 3.05) is 0 Å². The summed E-state index contributed by atoms with van der Waals surface area (Å²) >= 11 is 1.33. The highest BCUT2D eigenvalue weighted by atomic mass is 32.1. The van der Waals surface area contributed by atoms with Crippen molar-refractivity contribution in [1.29, 1.82) is 0 Å². The Kier molecular flexibility index (Phi) is 4.16. The van der Waals surface area contributed by atoms with Gasteiger partial charge in [-0.15, -0.1) is 11.3 Å². The van der Waals surface area contributed by atoms with Gasteiger partial charge in [-0.3, -0.25) is 18.9 Å². The molecule has 2 aromatic rings. The van der Waals surface area contributed by atoms with Crippen LogP contribution in [0.2, 0.25) is 0 Å². The SMILES string of the molecule is CC(C)CC[C@]1(C)NC(=O)N(Cc2cc(=O)n3ccsc3n2)C1=O. The van der Waals surface area contributed by atoms with Gasteiger partial charge in [0.2, 0.25) is 0 Å². The molecule has 2 aromatic heterocycles. The predicted octanol–water partition coefficient (Wildman–Crippen LogP) is 2.00. The van der Waals surface area contributed by atoms with E-state index in [4.69, 9.17) is 0 Å². The van der Waals surface area contributed by atoms with E-state index in [0.717, 1.165) is 11.3 Å². The second-order valence-electron chi connectivity index (χ2n) is 6.73. The van der Waals surface area contributed by atoms with Gasteiger partial charge >= 0.3 is 6.03 Å². The molecular weight excluding hydrogens is 328 g/mol. The number of hydrogen-bond donors (Lipinski definition) is 1. The Hall–Kier alpha value is -2.22. The topological polar surface area (TPSA) is 83.8 Å². The smallest absolute Gasteiger partial charge is 0.323 e. The molecule has 1 aliphatic rings. The monoisotopic (exact) mass is 348 g/mol. The van der Waals surface area contributed by atoms with Crippen molar-refractivity contribution in [3.05, 3.63) is 33.7 Å². The zero-order valence-electron chi connectivity index (χ0n) is 13.9. The van der Waals surface area contributed by atoms with E-state index in [1.807, 2.05) is 0 Å². The van der Waals surface area contributed by atoms with Crippen molar-refractivity contribution < 1.29 is 9.59 Å². The Balaban J connectivity index is 1.82. The average Bonchev–Trinajstić information content (AvgIpc) is 3.05. The summed E-state index contributed by atoms with van der Waals surface area (Å²) in [6.45, 7) is 5.91. The summed E-state index contributed by atoms with van der Waals surface area (Å²) in [5.41, 5.74) is -0.686. The van der Waals surface area contributed by atoms with Gasteiger partial charge in [0.15, 0.2) is 4.96 Å². The molecule has 1 aliphatic heterocycles. The van der Waals surface area contributed by atoms with Gasteiger partial charge in [-0.2, -0.15) is 0 Å². The first-order chi connectivity index (χ1) is 11.3. The number of nitrogens with one attached hydrogen (secondary N) is 1. The maximum atomic E-state index is 12.7. The van der Waals surface area contributed by atoms with Crippen molar-refractivity contribution in [3.8, 4) is 0 Å². The average molecular weight is 348 g/mol. The van der Waals surface area contributed by atoms with E-state index in [1.54, 1.807) is 18.5 Å². The first kappa shape index (κ1) is 16.6. The van der Waals surface area contributed by atoms with Crippen molar-refractivity contribution >= 4 is 28.2 Å². The molecule has 1 fully saturated rings. The number of imide groups is 1. The zero-order chi connectivity index (χ0) is 17.5. The lowest BCUT2D eigenvalue weighted by Crippen LogP contribution is -2.44. The fourth-order valence-electron chi connectivity index (χ4n) is 2.77. The van der Waals surface area contributed by atoms with Gasteiger partial charge in [-0.25, -0.2) is 9.78 Å². The van der Waals surface area contributed by atoms with E-state index < -0.39 is 11.6 Å². The van der Waals surface area contributed by atoms with Crippen molar-refractivity contribution in [2.24, 2.45) is 5.92 Å². The largest absolute Gasteiger partial charge is 0.325 e. The molecule has 8 heteroatoms. The minimum Gasteiger partial charge on any atom is -0.323 e. The second-order valence-corrected chi connectivity index (χ2v) is 7.60. The third kappa shape index (κ3) is 2.93. The maximum Gasteiger partial charge on any atom is 0.325 e. The van der Waals surface area contributed by atoms with Crippen molar-refractivity contribution in [2.45, 2.75) is 45.7 Å². The highest BCUT2D eigenvalue weighted by Gasteiger charge is 2.47. The Bertz CT molecular complexity index is 856. The van der Waals surface area contributed by atoms with E-state index in [0.29, 0.717) is 23.0 Å². The van der Waals surface area contributed by atoms with Gasteiger partial charge in [-0.1, -0.05) is 13.8 Å². The number of rotatable bonds is 5. The van der Waals surface area contributed by atoms with Crippen LogP contribution in [0.3, 0.4) is 0 Å². The molecule has 3 heterocycles. The maximum absolute atomic E-state index is 12.7. The van der Waals surface area contributed by atoms with Crippen molar-refractivity contribution in [3.63, 3.8) is 0 Å². The molecule has 0 radical (unpaired) electrons. The van der Waals surface area contributed by atoms with Crippen LogP contribution in [-0.2, 0) is 11.3 Å². The molecule has 1 saturated heterocycles. The minimum atomic E-state index is -0.885. The van der Waals surface area contributed by atoms with Crippen LogP contribution in [0.25, 0.3) is 4.96 Å². The number of fused-ring (bicyclic) bond motifs is 1. The summed E-state index contributed by atoms with van der Waals surface area (Å²) in [4.78, 5) is 43.0. The Morgan fingerprint density at radius 3 is 2.79 bits per heavy atom. The summed E-state index contributed by atoms with van der Waals surface area (Å²) in [6, 6.07) is 0.934. The molecule has 1 atom stereocenters. The summed E-state index contributed by atoms with van der Waals surface area (Å²) in [6.07, 6.45) is 3.08. The zero-order valence-corrected chi connectivity index (χ0v) is 14.7. The first-order valence-corrected chi connectivity index (χ1v) is 8.78. The van der Waals surface area contributed by atoms with Gasteiger partial charge in [0.05, 0.1) is 12.2 Å². The molecule has 0 unspecified atom stereocenters. The van der Waals surface area contributed by atoms with Crippen LogP contribution in [0.4, 0.5) is 4.79 Å². The molecule has 3 rings (SSSR count). The standard InChI is InChI=1S/C16H20N4O3S/c1-10(2)4-5-16(3)13(22)20(14(23)18-16)9-11-8-12(21)19-6-7-24-15(19)17-11/h6-8,10H,4-5,9H2,1-3H3,(H,18,23)/t16-/m0/s1. The molecule has 1 N–H and O–H groups in total. The molecule has 0 bridgehead atoms. The number of carbonyl (C=O) groups excluding carboxylic acids is 2. The van der Waals surface area contributed by atoms with E-state index >= 15 is 0 Å². The second kappa shape index (κ2) is 6.01. The third-order valence-electron chi connectivity index (χ3n) is 4.24. The number of hydrogen-bond acceptors (Lipinski definition) is 5. The van der Waals surface area contributed by atoms with E-state index in [-0.39, 0.29) is 18.0 Å². The summed E-state index contributed by atoms with van der Waals surface area (Å²) < 4.78 is 1.44. The van der Waals surface area contributed by atoms with Crippen LogP contribution in [0, 0.1) is 5.92 Å². The van der Waals surface area contributed by atoms with Gasteiger partial charge in [-0.05, 0) is 25.7 Å². The van der Waals surface area contributed by atoms with Gasteiger partial charge in [0, 0.05) is 17.6 Å². The third-order valence-corrected chi connectivity index (χ3v) is 5.00. The van der Waals surface area contributed by atoms with Crippen LogP contribution >= 0.6 is 11.3 Å². The van der Waals surface area contributed by atoms with E-state index in [2.05, 4.69) is 24.1 Å². The molecule has 128 valence electrons. The number of urea groups is 1. The van der Waals surface area contributed by atoms with Gasteiger partial charge in [0.25, 0.3) is 11.5 Å². The molecule has 0 aromatic carbocycles. The van der Waals surface area contributed by atoms with Crippen LogP contribution in [-0.4, -0.2) is 31.8 Å². The lowest BCUT2D eigenvalue weighted by molar-refractivity contribution is -0.131. The molecule has 0 saturated carbocycles. The fourth-order valence-corrected chi connectivity index (χ4v) is 3.51. The molecular formula is C16H20N4O3S. The lowest BCUT2D eigenvalue weighted by Gasteiger charge is -2.22.